The topological polar surface area (TPSA) is 72.1 Å². The van der Waals surface area contributed by atoms with Gasteiger partial charge in [-0.3, -0.25) is 0 Å². The number of guanidine groups is 1. The highest BCUT2D eigenvalue weighted by atomic mass is 16.5. The van der Waals surface area contributed by atoms with E-state index in [0.717, 1.165) is 43.3 Å². The summed E-state index contributed by atoms with van der Waals surface area (Å²) in [6.07, 6.45) is 0. The van der Waals surface area contributed by atoms with Crippen molar-refractivity contribution in [1.82, 2.24) is 0 Å². The fraction of sp³-hybridized carbons (Fsp3) is 0.316. The minimum Gasteiger partial charge on any atom is -0.497 e. The Morgan fingerprint density at radius 3 is 2.68 bits per heavy atom. The molecule has 6 nitrogen and oxygen atoms in total. The molecule has 0 spiro atoms. The highest BCUT2D eigenvalue weighted by Crippen LogP contribution is 2.18. The Morgan fingerprint density at radius 2 is 1.96 bits per heavy atom. The molecule has 1 aliphatic heterocycles. The first kappa shape index (κ1) is 17.1. The van der Waals surface area contributed by atoms with E-state index in [-0.39, 0.29) is 0 Å². The van der Waals surface area contributed by atoms with E-state index < -0.39 is 0 Å². The smallest absolute Gasteiger partial charge is 0.193 e. The summed E-state index contributed by atoms with van der Waals surface area (Å²) < 4.78 is 10.6. The molecule has 0 aliphatic carbocycles. The van der Waals surface area contributed by atoms with E-state index >= 15 is 0 Å². The molecule has 1 fully saturated rings. The number of aliphatic imine (C=N–C) groups is 1. The van der Waals surface area contributed by atoms with Crippen molar-refractivity contribution in [2.45, 2.75) is 6.54 Å². The second-order valence-corrected chi connectivity index (χ2v) is 5.82. The van der Waals surface area contributed by atoms with Crippen LogP contribution in [0.25, 0.3) is 0 Å². The molecule has 3 rings (SSSR count). The van der Waals surface area contributed by atoms with E-state index in [1.807, 2.05) is 24.3 Å². The summed E-state index contributed by atoms with van der Waals surface area (Å²) in [7, 11) is 1.64. The van der Waals surface area contributed by atoms with E-state index in [1.54, 1.807) is 7.11 Å². The maximum atomic E-state index is 5.97. The van der Waals surface area contributed by atoms with Gasteiger partial charge in [-0.15, -0.1) is 0 Å². The van der Waals surface area contributed by atoms with Crippen LogP contribution < -0.4 is 20.7 Å². The van der Waals surface area contributed by atoms with Gasteiger partial charge in [0.15, 0.2) is 5.96 Å². The van der Waals surface area contributed by atoms with Gasteiger partial charge in [-0.1, -0.05) is 18.2 Å². The molecule has 0 unspecified atom stereocenters. The number of hydrogen-bond acceptors (Lipinski definition) is 4. The van der Waals surface area contributed by atoms with Crippen LogP contribution in [0.1, 0.15) is 5.56 Å². The highest BCUT2D eigenvalue weighted by Gasteiger charge is 2.10. The van der Waals surface area contributed by atoms with Crippen molar-refractivity contribution in [3.63, 3.8) is 0 Å². The Kier molecular flexibility index (Phi) is 5.74. The monoisotopic (exact) mass is 340 g/mol. The molecule has 1 saturated heterocycles. The molecule has 2 aromatic carbocycles. The van der Waals surface area contributed by atoms with Crippen molar-refractivity contribution in [3.8, 4) is 5.75 Å². The summed E-state index contributed by atoms with van der Waals surface area (Å²) in [5, 5.41) is 3.08. The van der Waals surface area contributed by atoms with Gasteiger partial charge in [0.1, 0.15) is 5.75 Å². The number of anilines is 2. The van der Waals surface area contributed by atoms with Crippen molar-refractivity contribution in [3.05, 3.63) is 54.1 Å². The van der Waals surface area contributed by atoms with Crippen LogP contribution in [-0.2, 0) is 11.3 Å². The third-order valence-electron chi connectivity index (χ3n) is 4.09. The molecule has 0 radical (unpaired) electrons. The molecular formula is C19H24N4O2. The second-order valence-electron chi connectivity index (χ2n) is 5.82. The molecule has 0 amide bonds. The standard InChI is InChI=1S/C19H24N4O2/c1-24-18-4-2-3-16(13-18)22-19(20)21-14-15-5-7-17(8-6-15)23-9-11-25-12-10-23/h2-8,13H,9-12,14H2,1H3,(H3,20,21,22). The lowest BCUT2D eigenvalue weighted by Crippen LogP contribution is -2.36. The summed E-state index contributed by atoms with van der Waals surface area (Å²) >= 11 is 0. The van der Waals surface area contributed by atoms with Gasteiger partial charge in [-0.2, -0.15) is 0 Å². The van der Waals surface area contributed by atoms with Gasteiger partial charge in [-0.25, -0.2) is 4.99 Å². The van der Waals surface area contributed by atoms with Gasteiger partial charge in [-0.05, 0) is 29.8 Å². The maximum Gasteiger partial charge on any atom is 0.193 e. The van der Waals surface area contributed by atoms with Crippen LogP contribution in [0.2, 0.25) is 0 Å². The Bertz CT molecular complexity index is 710. The lowest BCUT2D eigenvalue weighted by atomic mass is 10.2. The van der Waals surface area contributed by atoms with Crippen LogP contribution in [0.15, 0.2) is 53.5 Å². The van der Waals surface area contributed by atoms with Crippen LogP contribution >= 0.6 is 0 Å². The normalized spacial score (nSPS) is 15.1. The maximum absolute atomic E-state index is 5.97. The van der Waals surface area contributed by atoms with E-state index in [0.29, 0.717) is 12.5 Å². The predicted octanol–water partition coefficient (Wildman–Crippen LogP) is 2.46. The Labute approximate surface area is 148 Å². The van der Waals surface area contributed by atoms with Crippen LogP contribution in [0.5, 0.6) is 5.75 Å². The lowest BCUT2D eigenvalue weighted by molar-refractivity contribution is 0.122. The molecule has 0 aromatic heterocycles. The molecule has 3 N–H and O–H groups in total. The average Bonchev–Trinajstić information content (AvgIpc) is 2.67. The zero-order valence-electron chi connectivity index (χ0n) is 14.4. The zero-order valence-corrected chi connectivity index (χ0v) is 14.4. The fourth-order valence-electron chi connectivity index (χ4n) is 2.70. The number of ether oxygens (including phenoxy) is 2. The van der Waals surface area contributed by atoms with Gasteiger partial charge in [0.25, 0.3) is 0 Å². The fourth-order valence-corrected chi connectivity index (χ4v) is 2.70. The summed E-state index contributed by atoms with van der Waals surface area (Å²) in [4.78, 5) is 6.72. The summed E-state index contributed by atoms with van der Waals surface area (Å²) in [5.41, 5.74) is 9.16. The number of nitrogens with one attached hydrogen (secondary N) is 1. The van der Waals surface area contributed by atoms with Gasteiger partial charge in [0, 0.05) is 30.5 Å². The van der Waals surface area contributed by atoms with Crippen molar-refractivity contribution >= 4 is 17.3 Å². The van der Waals surface area contributed by atoms with Crippen LogP contribution in [0.4, 0.5) is 11.4 Å². The number of rotatable bonds is 5. The van der Waals surface area contributed by atoms with E-state index in [2.05, 4.69) is 39.5 Å². The minimum absolute atomic E-state index is 0.380. The molecule has 132 valence electrons. The molecule has 25 heavy (non-hydrogen) atoms. The summed E-state index contributed by atoms with van der Waals surface area (Å²) in [5.74, 6) is 1.15. The average molecular weight is 340 g/mol. The van der Waals surface area contributed by atoms with Crippen LogP contribution in [0, 0.1) is 0 Å². The molecule has 6 heteroatoms. The Morgan fingerprint density at radius 1 is 1.20 bits per heavy atom. The Balaban J connectivity index is 1.56. The van der Waals surface area contributed by atoms with Gasteiger partial charge >= 0.3 is 0 Å². The Hall–Kier alpha value is -2.73. The number of nitrogens with two attached hydrogens (primary N) is 1. The molecule has 0 saturated carbocycles. The van der Waals surface area contributed by atoms with Crippen LogP contribution in [0.3, 0.4) is 0 Å². The van der Waals surface area contributed by atoms with Crippen LogP contribution in [-0.4, -0.2) is 39.4 Å². The molecule has 1 heterocycles. The molecule has 1 aliphatic rings. The van der Waals surface area contributed by atoms with E-state index in [9.17, 15) is 0 Å². The summed E-state index contributed by atoms with van der Waals surface area (Å²) in [6.45, 7) is 3.99. The quantitative estimate of drug-likeness (QED) is 0.646. The highest BCUT2D eigenvalue weighted by molar-refractivity contribution is 5.92. The first-order chi connectivity index (χ1) is 12.2. The van der Waals surface area contributed by atoms with Crippen molar-refractivity contribution < 1.29 is 9.47 Å². The number of nitrogens with zero attached hydrogens (tertiary/aromatic N) is 2. The van der Waals surface area contributed by atoms with Gasteiger partial charge in [0.05, 0.1) is 26.9 Å². The molecule has 0 atom stereocenters. The number of morpholine rings is 1. The van der Waals surface area contributed by atoms with E-state index in [1.165, 1.54) is 5.69 Å². The van der Waals surface area contributed by atoms with E-state index in [4.69, 9.17) is 15.2 Å². The largest absolute Gasteiger partial charge is 0.497 e. The lowest BCUT2D eigenvalue weighted by Gasteiger charge is -2.28. The van der Waals surface area contributed by atoms with Crippen molar-refractivity contribution in [1.29, 1.82) is 0 Å². The molecular weight excluding hydrogens is 316 g/mol. The third-order valence-corrected chi connectivity index (χ3v) is 4.09. The minimum atomic E-state index is 0.380. The SMILES string of the molecule is COc1cccc(NC(N)=NCc2ccc(N3CCOCC3)cc2)c1. The number of methoxy groups -OCH3 is 1. The first-order valence-corrected chi connectivity index (χ1v) is 8.37. The summed E-state index contributed by atoms with van der Waals surface area (Å²) in [6, 6.07) is 16.0. The van der Waals surface area contributed by atoms with Crippen molar-refractivity contribution in [2.24, 2.45) is 10.7 Å². The van der Waals surface area contributed by atoms with Gasteiger partial charge in [0.2, 0.25) is 0 Å². The third kappa shape index (κ3) is 4.87. The predicted molar refractivity (Wildman–Crippen MR) is 101 cm³/mol. The molecule has 0 bridgehead atoms. The second kappa shape index (κ2) is 8.39. The number of benzene rings is 2. The first-order valence-electron chi connectivity index (χ1n) is 8.37. The zero-order chi connectivity index (χ0) is 17.5. The van der Waals surface area contributed by atoms with Gasteiger partial charge < -0.3 is 25.4 Å². The van der Waals surface area contributed by atoms with Crippen molar-refractivity contribution in [2.75, 3.05) is 43.6 Å². The number of hydrogen-bond donors (Lipinski definition) is 2. The molecule has 2 aromatic rings.